The highest BCUT2D eigenvalue weighted by Gasteiger charge is 2.28. The fourth-order valence-corrected chi connectivity index (χ4v) is 4.67. The molecular formula is C26H30N8O2. The molecule has 0 saturated carbocycles. The van der Waals surface area contributed by atoms with Crippen LogP contribution in [0.15, 0.2) is 36.7 Å². The summed E-state index contributed by atoms with van der Waals surface area (Å²) < 4.78 is 15.8. The minimum absolute atomic E-state index is 0.0490. The second-order valence-corrected chi connectivity index (χ2v) is 10.4. The lowest BCUT2D eigenvalue weighted by atomic mass is 9.91. The fourth-order valence-electron chi connectivity index (χ4n) is 4.67. The lowest BCUT2D eigenvalue weighted by Crippen LogP contribution is -2.22. The van der Waals surface area contributed by atoms with E-state index in [1.165, 1.54) is 0 Å². The van der Waals surface area contributed by atoms with Crippen LogP contribution in [0.4, 0.5) is 11.8 Å². The molecule has 186 valence electrons. The summed E-state index contributed by atoms with van der Waals surface area (Å²) in [5.41, 5.74) is 4.49. The number of aryl methyl sites for hydroxylation is 2. The minimum atomic E-state index is -0.0490. The third-order valence-electron chi connectivity index (χ3n) is 6.52. The van der Waals surface area contributed by atoms with Gasteiger partial charge in [0.2, 0.25) is 5.95 Å². The zero-order chi connectivity index (χ0) is 25.0. The van der Waals surface area contributed by atoms with Gasteiger partial charge in [-0.25, -0.2) is 9.97 Å². The molecule has 1 unspecified atom stereocenters. The van der Waals surface area contributed by atoms with Gasteiger partial charge in [0, 0.05) is 48.0 Å². The van der Waals surface area contributed by atoms with Crippen molar-refractivity contribution in [2.24, 2.45) is 7.05 Å². The Morgan fingerprint density at radius 2 is 1.92 bits per heavy atom. The summed E-state index contributed by atoms with van der Waals surface area (Å²) >= 11 is 0. The summed E-state index contributed by atoms with van der Waals surface area (Å²) in [6, 6.07) is 8.29. The molecule has 0 aromatic carbocycles. The topological polar surface area (TPSA) is 108 Å². The molecule has 0 amide bonds. The Kier molecular flexibility index (Phi) is 5.22. The zero-order valence-electron chi connectivity index (χ0n) is 21.2. The van der Waals surface area contributed by atoms with Crippen LogP contribution >= 0.6 is 0 Å². The molecule has 1 aliphatic rings. The Hall–Kier alpha value is -3.92. The highest BCUT2D eigenvalue weighted by atomic mass is 16.5. The summed E-state index contributed by atoms with van der Waals surface area (Å²) in [6.45, 7) is 10.1. The standard InChI is InChI=1S/C26H30N8O2/c1-15-8-16-9-18(12-27-23(16)29-15)36-19-10-20-24(28-13-19)31-25(33(20)5)30-22-11-21(26(2,3)4)34(32-22)17-6-7-35-14-17/h8-13,17H,6-7,14H2,1-5H3,(H,27,29)(H,28,30,31,32). The summed E-state index contributed by atoms with van der Waals surface area (Å²) in [7, 11) is 1.95. The number of hydrogen-bond donors (Lipinski definition) is 2. The first-order valence-electron chi connectivity index (χ1n) is 12.1. The summed E-state index contributed by atoms with van der Waals surface area (Å²) in [5.74, 6) is 2.68. The Morgan fingerprint density at radius 1 is 1.11 bits per heavy atom. The molecule has 1 aliphatic heterocycles. The Labute approximate surface area is 208 Å². The average molecular weight is 487 g/mol. The minimum Gasteiger partial charge on any atom is -0.454 e. The zero-order valence-corrected chi connectivity index (χ0v) is 21.2. The number of H-pyrrole nitrogens is 1. The normalized spacial score (nSPS) is 16.3. The lowest BCUT2D eigenvalue weighted by molar-refractivity contribution is 0.183. The number of nitrogens with one attached hydrogen (secondary N) is 2. The molecule has 5 aromatic heterocycles. The van der Waals surface area contributed by atoms with Gasteiger partial charge in [-0.15, -0.1) is 0 Å². The first-order chi connectivity index (χ1) is 17.2. The second kappa shape index (κ2) is 8.34. The average Bonchev–Trinajstić information content (AvgIpc) is 3.60. The molecule has 5 aromatic rings. The van der Waals surface area contributed by atoms with E-state index in [0.29, 0.717) is 29.7 Å². The molecular weight excluding hydrogens is 456 g/mol. The smallest absolute Gasteiger partial charge is 0.210 e. The summed E-state index contributed by atoms with van der Waals surface area (Å²) in [4.78, 5) is 16.9. The molecule has 10 nitrogen and oxygen atoms in total. The maximum absolute atomic E-state index is 6.07. The van der Waals surface area contributed by atoms with Crippen molar-refractivity contribution < 1.29 is 9.47 Å². The number of aromatic amines is 1. The van der Waals surface area contributed by atoms with E-state index < -0.39 is 0 Å². The maximum atomic E-state index is 6.07. The molecule has 6 heterocycles. The van der Waals surface area contributed by atoms with E-state index in [1.54, 1.807) is 12.4 Å². The van der Waals surface area contributed by atoms with Crippen LogP contribution in [-0.4, -0.2) is 47.5 Å². The molecule has 1 fully saturated rings. The van der Waals surface area contributed by atoms with E-state index in [4.69, 9.17) is 19.6 Å². The number of hydrogen-bond acceptors (Lipinski definition) is 7. The van der Waals surface area contributed by atoms with Crippen LogP contribution in [0.3, 0.4) is 0 Å². The quantitative estimate of drug-likeness (QED) is 0.354. The highest BCUT2D eigenvalue weighted by molar-refractivity contribution is 5.79. The van der Waals surface area contributed by atoms with Crippen LogP contribution in [0.25, 0.3) is 22.2 Å². The Balaban J connectivity index is 1.28. The Bertz CT molecular complexity index is 1570. The van der Waals surface area contributed by atoms with E-state index in [2.05, 4.69) is 51.8 Å². The van der Waals surface area contributed by atoms with Crippen molar-refractivity contribution in [2.45, 2.75) is 45.6 Å². The van der Waals surface area contributed by atoms with Gasteiger partial charge in [-0.05, 0) is 25.5 Å². The van der Waals surface area contributed by atoms with Gasteiger partial charge in [-0.2, -0.15) is 10.1 Å². The largest absolute Gasteiger partial charge is 0.454 e. The van der Waals surface area contributed by atoms with Crippen LogP contribution < -0.4 is 10.1 Å². The lowest BCUT2D eigenvalue weighted by Gasteiger charge is -2.22. The van der Waals surface area contributed by atoms with Crippen molar-refractivity contribution >= 4 is 34.0 Å². The fraction of sp³-hybridized carbons (Fsp3) is 0.385. The number of rotatable bonds is 5. The second-order valence-electron chi connectivity index (χ2n) is 10.4. The number of aromatic nitrogens is 7. The van der Waals surface area contributed by atoms with E-state index in [9.17, 15) is 0 Å². The molecule has 1 saturated heterocycles. The van der Waals surface area contributed by atoms with Crippen molar-refractivity contribution in [3.63, 3.8) is 0 Å². The van der Waals surface area contributed by atoms with Gasteiger partial charge >= 0.3 is 0 Å². The van der Waals surface area contributed by atoms with Crippen LogP contribution in [0.1, 0.15) is 44.6 Å². The maximum Gasteiger partial charge on any atom is 0.210 e. The van der Waals surface area contributed by atoms with Crippen molar-refractivity contribution in [2.75, 3.05) is 18.5 Å². The van der Waals surface area contributed by atoms with Gasteiger partial charge < -0.3 is 24.3 Å². The number of imidazole rings is 1. The van der Waals surface area contributed by atoms with E-state index in [-0.39, 0.29) is 11.5 Å². The van der Waals surface area contributed by atoms with Crippen molar-refractivity contribution in [3.05, 3.63) is 48.0 Å². The molecule has 2 N–H and O–H groups in total. The van der Waals surface area contributed by atoms with Crippen molar-refractivity contribution in [1.29, 1.82) is 0 Å². The number of pyridine rings is 2. The van der Waals surface area contributed by atoms with Crippen molar-refractivity contribution in [3.8, 4) is 11.5 Å². The van der Waals surface area contributed by atoms with Gasteiger partial charge in [-0.1, -0.05) is 20.8 Å². The summed E-state index contributed by atoms with van der Waals surface area (Å²) in [5, 5.41) is 9.28. The number of ether oxygens (including phenoxy) is 2. The van der Waals surface area contributed by atoms with Crippen LogP contribution in [-0.2, 0) is 17.2 Å². The molecule has 1 atom stereocenters. The first kappa shape index (κ1) is 22.5. The molecule has 10 heteroatoms. The SMILES string of the molecule is Cc1cc2cc(Oc3cnc4nc(Nc5cc(C(C)(C)C)n(C6CCOC6)n5)n(C)c4c3)cnc2[nH]1. The van der Waals surface area contributed by atoms with Crippen LogP contribution in [0.2, 0.25) is 0 Å². The third-order valence-corrected chi connectivity index (χ3v) is 6.52. The van der Waals surface area contributed by atoms with Crippen molar-refractivity contribution in [1.82, 2.24) is 34.3 Å². The predicted molar refractivity (Wildman–Crippen MR) is 138 cm³/mol. The molecule has 0 aliphatic carbocycles. The first-order valence-corrected chi connectivity index (χ1v) is 12.1. The van der Waals surface area contributed by atoms with Gasteiger partial charge in [0.1, 0.15) is 17.1 Å². The van der Waals surface area contributed by atoms with Crippen LogP contribution in [0.5, 0.6) is 11.5 Å². The van der Waals surface area contributed by atoms with Gasteiger partial charge in [0.05, 0.1) is 30.6 Å². The number of fused-ring (bicyclic) bond motifs is 2. The number of nitrogens with zero attached hydrogens (tertiary/aromatic N) is 6. The highest BCUT2D eigenvalue weighted by Crippen LogP contribution is 2.32. The number of anilines is 2. The van der Waals surface area contributed by atoms with Crippen LogP contribution in [0, 0.1) is 6.92 Å². The molecule has 0 spiro atoms. The van der Waals surface area contributed by atoms with E-state index >= 15 is 0 Å². The van der Waals surface area contributed by atoms with Gasteiger partial charge in [0.25, 0.3) is 0 Å². The molecule has 0 radical (unpaired) electrons. The van der Waals surface area contributed by atoms with E-state index in [1.807, 2.05) is 36.7 Å². The molecule has 6 rings (SSSR count). The summed E-state index contributed by atoms with van der Waals surface area (Å²) in [6.07, 6.45) is 4.35. The van der Waals surface area contributed by atoms with Gasteiger partial charge in [-0.3, -0.25) is 4.68 Å². The molecule has 0 bridgehead atoms. The predicted octanol–water partition coefficient (Wildman–Crippen LogP) is 5.14. The van der Waals surface area contributed by atoms with E-state index in [0.717, 1.165) is 46.8 Å². The molecule has 36 heavy (non-hydrogen) atoms. The third kappa shape index (κ3) is 4.07. The Morgan fingerprint density at radius 3 is 2.69 bits per heavy atom. The monoisotopic (exact) mass is 486 g/mol. The van der Waals surface area contributed by atoms with Gasteiger partial charge in [0.15, 0.2) is 11.5 Å².